The average Bonchev–Trinajstić information content (AvgIpc) is 3.38. The lowest BCUT2D eigenvalue weighted by molar-refractivity contribution is 0.626. The lowest BCUT2D eigenvalue weighted by Crippen LogP contribution is -2.07. The second-order valence-corrected chi connectivity index (χ2v) is 7.70. The largest absolute Gasteiger partial charge is 0.299 e. The number of nitrogens with zero attached hydrogens (tertiary/aromatic N) is 7. The summed E-state index contributed by atoms with van der Waals surface area (Å²) in [7, 11) is 0. The first-order valence-corrected chi connectivity index (χ1v) is 9.79. The molecule has 0 radical (unpaired) electrons. The van der Waals surface area contributed by atoms with E-state index in [0.717, 1.165) is 33.7 Å². The van der Waals surface area contributed by atoms with E-state index >= 15 is 0 Å². The van der Waals surface area contributed by atoms with Crippen molar-refractivity contribution in [1.29, 1.82) is 0 Å². The van der Waals surface area contributed by atoms with Crippen molar-refractivity contribution in [2.75, 3.05) is 0 Å². The van der Waals surface area contributed by atoms with Gasteiger partial charge in [-0.2, -0.15) is 10.2 Å². The molecule has 0 atom stereocenters. The third-order valence-corrected chi connectivity index (χ3v) is 5.60. The van der Waals surface area contributed by atoms with Crippen LogP contribution in [0.5, 0.6) is 0 Å². The van der Waals surface area contributed by atoms with Crippen molar-refractivity contribution in [3.8, 4) is 17.1 Å². The van der Waals surface area contributed by atoms with E-state index in [2.05, 4.69) is 10.1 Å². The van der Waals surface area contributed by atoms with Gasteiger partial charge in [-0.1, -0.05) is 41.4 Å². The topological polar surface area (TPSA) is 66.3 Å². The molecule has 4 heterocycles. The van der Waals surface area contributed by atoms with Gasteiger partial charge in [-0.3, -0.25) is 9.25 Å². The quantitative estimate of drug-likeness (QED) is 0.420. The molecular weight excluding hydrogens is 409 g/mol. The Hall–Kier alpha value is -3.16. The second kappa shape index (κ2) is 6.17. The minimum atomic E-state index is 0.453. The van der Waals surface area contributed by atoms with Gasteiger partial charge in [0.05, 0.1) is 23.4 Å². The molecule has 6 rings (SSSR count). The number of imidazole rings is 1. The van der Waals surface area contributed by atoms with Gasteiger partial charge in [0.1, 0.15) is 12.9 Å². The minimum absolute atomic E-state index is 0.453. The molecule has 5 aromatic rings. The molecule has 1 aliphatic heterocycles. The first kappa shape index (κ1) is 16.8. The molecule has 3 aromatic heterocycles. The zero-order chi connectivity index (χ0) is 19.5. The van der Waals surface area contributed by atoms with Crippen LogP contribution >= 0.6 is 23.2 Å². The maximum Gasteiger partial charge on any atom is 0.172 e. The predicted octanol–water partition coefficient (Wildman–Crippen LogP) is 4.20. The van der Waals surface area contributed by atoms with Crippen LogP contribution in [-0.2, 0) is 13.1 Å². The molecule has 0 saturated carbocycles. The maximum atomic E-state index is 6.34. The molecular formula is C20H13Cl2N7. The maximum absolute atomic E-state index is 6.34. The molecule has 0 spiro atoms. The van der Waals surface area contributed by atoms with E-state index in [1.54, 1.807) is 6.33 Å². The van der Waals surface area contributed by atoms with Gasteiger partial charge in [0.25, 0.3) is 0 Å². The van der Waals surface area contributed by atoms with Crippen molar-refractivity contribution in [3.05, 3.63) is 76.7 Å². The van der Waals surface area contributed by atoms with Crippen LogP contribution in [0, 0.1) is 0 Å². The average molecular weight is 422 g/mol. The molecule has 0 fully saturated rings. The monoisotopic (exact) mass is 421 g/mol. The Bertz CT molecular complexity index is 1360. The summed E-state index contributed by atoms with van der Waals surface area (Å²) in [4.78, 5) is 9.06. The lowest BCUT2D eigenvalue weighted by Gasteiger charge is -2.08. The summed E-state index contributed by atoms with van der Waals surface area (Å²) in [5.41, 5.74) is 3.61. The van der Waals surface area contributed by atoms with E-state index in [1.165, 1.54) is 0 Å². The highest BCUT2D eigenvalue weighted by molar-refractivity contribution is 6.31. The van der Waals surface area contributed by atoms with Crippen molar-refractivity contribution in [2.45, 2.75) is 13.1 Å². The molecule has 0 N–H and O–H groups in total. The summed E-state index contributed by atoms with van der Waals surface area (Å²) >= 11 is 12.6. The van der Waals surface area contributed by atoms with Crippen LogP contribution in [0.25, 0.3) is 28.0 Å². The first-order chi connectivity index (χ1) is 14.2. The summed E-state index contributed by atoms with van der Waals surface area (Å²) in [6.07, 6.45) is 3.71. The number of hydrogen-bond acceptors (Lipinski definition) is 4. The highest BCUT2D eigenvalue weighted by Crippen LogP contribution is 2.34. The standard InChI is InChI=1S/C20H13Cl2N7/c21-13-5-6-16-14(7-13)20-24-18(10-27-8-12-3-1-2-4-15(12)25-27)26-29(20)9-17-19(22)23-11-28(16)17/h1-8,11H,9-10H2. The Labute approximate surface area is 175 Å². The molecule has 7 nitrogen and oxygen atoms in total. The molecule has 2 aromatic carbocycles. The molecule has 0 amide bonds. The van der Waals surface area contributed by atoms with Crippen LogP contribution in [0.3, 0.4) is 0 Å². The van der Waals surface area contributed by atoms with Gasteiger partial charge in [-0.05, 0) is 24.3 Å². The summed E-state index contributed by atoms with van der Waals surface area (Å²) < 4.78 is 5.67. The highest BCUT2D eigenvalue weighted by atomic mass is 35.5. The minimum Gasteiger partial charge on any atom is -0.299 e. The van der Waals surface area contributed by atoms with Gasteiger partial charge in [0, 0.05) is 22.2 Å². The summed E-state index contributed by atoms with van der Waals surface area (Å²) in [6, 6.07) is 13.7. The Kier molecular flexibility index (Phi) is 3.57. The van der Waals surface area contributed by atoms with Gasteiger partial charge >= 0.3 is 0 Å². The van der Waals surface area contributed by atoms with Crippen molar-refractivity contribution >= 4 is 34.1 Å². The molecule has 0 aliphatic carbocycles. The van der Waals surface area contributed by atoms with Crippen LogP contribution in [0.4, 0.5) is 0 Å². The van der Waals surface area contributed by atoms with Gasteiger partial charge in [-0.15, -0.1) is 0 Å². The molecule has 29 heavy (non-hydrogen) atoms. The van der Waals surface area contributed by atoms with Crippen LogP contribution in [0.1, 0.15) is 11.5 Å². The van der Waals surface area contributed by atoms with Crippen molar-refractivity contribution in [1.82, 2.24) is 34.1 Å². The van der Waals surface area contributed by atoms with Crippen LogP contribution < -0.4 is 0 Å². The molecule has 0 bridgehead atoms. The smallest absolute Gasteiger partial charge is 0.172 e. The van der Waals surface area contributed by atoms with Gasteiger partial charge in [0.15, 0.2) is 16.8 Å². The third-order valence-electron chi connectivity index (χ3n) is 5.05. The highest BCUT2D eigenvalue weighted by Gasteiger charge is 2.25. The van der Waals surface area contributed by atoms with Gasteiger partial charge in [0.2, 0.25) is 0 Å². The van der Waals surface area contributed by atoms with E-state index in [1.807, 2.05) is 62.6 Å². The van der Waals surface area contributed by atoms with Crippen LogP contribution in [0.15, 0.2) is 55.0 Å². The number of halogens is 2. The number of fused-ring (bicyclic) bond motifs is 6. The Morgan fingerprint density at radius 1 is 1.03 bits per heavy atom. The van der Waals surface area contributed by atoms with E-state index in [9.17, 15) is 0 Å². The van der Waals surface area contributed by atoms with E-state index in [4.69, 9.17) is 33.3 Å². The number of rotatable bonds is 2. The summed E-state index contributed by atoms with van der Waals surface area (Å²) in [5.74, 6) is 1.41. The van der Waals surface area contributed by atoms with Crippen molar-refractivity contribution < 1.29 is 0 Å². The molecule has 142 valence electrons. The zero-order valence-corrected chi connectivity index (χ0v) is 16.5. The predicted molar refractivity (Wildman–Crippen MR) is 111 cm³/mol. The fourth-order valence-electron chi connectivity index (χ4n) is 3.75. The van der Waals surface area contributed by atoms with Gasteiger partial charge < -0.3 is 0 Å². The number of aromatic nitrogens is 7. The third kappa shape index (κ3) is 2.66. The first-order valence-electron chi connectivity index (χ1n) is 9.04. The van der Waals surface area contributed by atoms with E-state index in [-0.39, 0.29) is 0 Å². The Morgan fingerprint density at radius 3 is 2.83 bits per heavy atom. The van der Waals surface area contributed by atoms with E-state index < -0.39 is 0 Å². The SMILES string of the molecule is Clc1ccc2c(c1)-c1nc(Cn3cc4ccccc4n3)nn1Cc1c(Cl)ncn1-2. The molecule has 9 heteroatoms. The second-order valence-electron chi connectivity index (χ2n) is 6.91. The van der Waals surface area contributed by atoms with Crippen LogP contribution in [-0.4, -0.2) is 34.1 Å². The molecule has 0 unspecified atom stereocenters. The van der Waals surface area contributed by atoms with E-state index in [0.29, 0.717) is 29.1 Å². The fourth-order valence-corrected chi connectivity index (χ4v) is 4.11. The normalized spacial score (nSPS) is 12.5. The zero-order valence-electron chi connectivity index (χ0n) is 15.0. The van der Waals surface area contributed by atoms with Gasteiger partial charge in [-0.25, -0.2) is 14.6 Å². The fraction of sp³-hybridized carbons (Fsp3) is 0.100. The summed E-state index contributed by atoms with van der Waals surface area (Å²) in [6.45, 7) is 0.937. The summed E-state index contributed by atoms with van der Waals surface area (Å²) in [5, 5.41) is 11.5. The number of hydrogen-bond donors (Lipinski definition) is 0. The number of benzene rings is 2. The van der Waals surface area contributed by atoms with Crippen LogP contribution in [0.2, 0.25) is 10.2 Å². The van der Waals surface area contributed by atoms with Crippen molar-refractivity contribution in [3.63, 3.8) is 0 Å². The Balaban J connectivity index is 1.48. The molecule has 1 aliphatic rings. The Morgan fingerprint density at radius 2 is 1.93 bits per heavy atom. The lowest BCUT2D eigenvalue weighted by atomic mass is 10.1. The van der Waals surface area contributed by atoms with Crippen molar-refractivity contribution in [2.24, 2.45) is 0 Å². The molecule has 0 saturated heterocycles.